The molecule has 1 N–H and O–H groups in total. The van der Waals surface area contributed by atoms with Crippen LogP contribution in [0.4, 0.5) is 11.4 Å². The van der Waals surface area contributed by atoms with Crippen molar-refractivity contribution in [1.82, 2.24) is 5.32 Å². The summed E-state index contributed by atoms with van der Waals surface area (Å²) in [6.45, 7) is 5.77. The predicted octanol–water partition coefficient (Wildman–Crippen LogP) is 3.83. The van der Waals surface area contributed by atoms with Gasteiger partial charge in [-0.05, 0) is 56.5 Å². The minimum absolute atomic E-state index is 0. The fraction of sp³-hybridized carbons (Fsp3) is 0.625. The number of benzene rings is 1. The molecule has 0 amide bonds. The number of nitrogens with one attached hydrogen (secondary N) is 1. The van der Waals surface area contributed by atoms with Gasteiger partial charge >= 0.3 is 0 Å². The maximum absolute atomic E-state index is 6.23. The summed E-state index contributed by atoms with van der Waals surface area (Å²) in [7, 11) is 2.18. The van der Waals surface area contributed by atoms with Crippen LogP contribution in [-0.2, 0) is 0 Å². The van der Waals surface area contributed by atoms with Crippen LogP contribution >= 0.6 is 36.4 Å². The van der Waals surface area contributed by atoms with Crippen molar-refractivity contribution in [2.45, 2.75) is 19.3 Å². The number of hydrogen-bond donors (Lipinski definition) is 1. The van der Waals surface area contributed by atoms with Crippen LogP contribution in [0.1, 0.15) is 19.3 Å². The van der Waals surface area contributed by atoms with Gasteiger partial charge in [-0.3, -0.25) is 0 Å². The Morgan fingerprint density at radius 3 is 2.59 bits per heavy atom. The third-order valence-corrected chi connectivity index (χ3v) is 4.78. The lowest BCUT2D eigenvalue weighted by molar-refractivity contribution is 0.373. The highest BCUT2D eigenvalue weighted by atomic mass is 35.5. The summed E-state index contributed by atoms with van der Waals surface area (Å²) in [5.41, 5.74) is 2.64. The summed E-state index contributed by atoms with van der Waals surface area (Å²) in [6, 6.07) is 6.31. The van der Waals surface area contributed by atoms with Gasteiger partial charge in [0.25, 0.3) is 0 Å². The summed E-state index contributed by atoms with van der Waals surface area (Å²) >= 11 is 6.23. The lowest BCUT2D eigenvalue weighted by Crippen LogP contribution is -2.36. The molecule has 22 heavy (non-hydrogen) atoms. The lowest BCUT2D eigenvalue weighted by atomic mass is 9.97. The van der Waals surface area contributed by atoms with Crippen molar-refractivity contribution in [2.75, 3.05) is 49.6 Å². The zero-order valence-electron chi connectivity index (χ0n) is 13.1. The molecule has 1 saturated heterocycles. The Morgan fingerprint density at radius 2 is 1.86 bits per heavy atom. The van der Waals surface area contributed by atoms with E-state index in [-0.39, 0.29) is 24.8 Å². The van der Waals surface area contributed by atoms with Crippen LogP contribution in [0.2, 0.25) is 5.02 Å². The van der Waals surface area contributed by atoms with Gasteiger partial charge in [0.15, 0.2) is 0 Å². The third kappa shape index (κ3) is 4.58. The highest BCUT2D eigenvalue weighted by Crippen LogP contribution is 2.35. The van der Waals surface area contributed by atoms with Gasteiger partial charge in [-0.1, -0.05) is 11.6 Å². The summed E-state index contributed by atoms with van der Waals surface area (Å²) in [6.07, 6.45) is 3.80. The van der Waals surface area contributed by atoms with E-state index >= 15 is 0 Å². The van der Waals surface area contributed by atoms with E-state index in [4.69, 9.17) is 11.6 Å². The molecule has 1 aromatic rings. The molecule has 1 aromatic carbocycles. The van der Waals surface area contributed by atoms with Crippen LogP contribution in [0, 0.1) is 5.92 Å². The van der Waals surface area contributed by atoms with Gasteiger partial charge in [-0.15, -0.1) is 24.8 Å². The lowest BCUT2D eigenvalue weighted by Gasteiger charge is -2.32. The molecule has 126 valence electrons. The van der Waals surface area contributed by atoms with Crippen LogP contribution in [0.15, 0.2) is 18.2 Å². The molecule has 3 nitrogen and oxygen atoms in total. The molecule has 0 radical (unpaired) electrons. The first-order valence-corrected chi connectivity index (χ1v) is 8.08. The first-order chi connectivity index (χ1) is 9.74. The molecule has 3 rings (SSSR count). The Balaban J connectivity index is 0.00000121. The number of rotatable bonds is 2. The zero-order valence-corrected chi connectivity index (χ0v) is 15.4. The molecule has 0 aromatic heterocycles. The maximum Gasteiger partial charge on any atom is 0.0619 e. The summed E-state index contributed by atoms with van der Waals surface area (Å²) < 4.78 is 0. The Kier molecular flexibility index (Phi) is 8.12. The fourth-order valence-corrected chi connectivity index (χ4v) is 3.54. The largest absolute Gasteiger partial charge is 0.373 e. The SMILES string of the molecule is CN1CCCN(CC2CCNCC2)c2cc(Cl)ccc21.Cl.Cl. The zero-order chi connectivity index (χ0) is 13.9. The van der Waals surface area contributed by atoms with E-state index in [2.05, 4.69) is 34.3 Å². The molecule has 0 aliphatic carbocycles. The number of anilines is 2. The van der Waals surface area contributed by atoms with Crippen LogP contribution in [0.25, 0.3) is 0 Å². The Bertz CT molecular complexity index is 464. The van der Waals surface area contributed by atoms with Gasteiger partial charge in [0.2, 0.25) is 0 Å². The van der Waals surface area contributed by atoms with Crippen LogP contribution in [0.3, 0.4) is 0 Å². The molecule has 0 saturated carbocycles. The van der Waals surface area contributed by atoms with E-state index in [1.54, 1.807) is 0 Å². The summed E-state index contributed by atoms with van der Waals surface area (Å²) in [5, 5.41) is 4.29. The predicted molar refractivity (Wildman–Crippen MR) is 102 cm³/mol. The second-order valence-corrected chi connectivity index (χ2v) is 6.48. The smallest absolute Gasteiger partial charge is 0.0619 e. The number of halogens is 3. The average molecular weight is 367 g/mol. The van der Waals surface area contributed by atoms with Crippen molar-refractivity contribution in [3.05, 3.63) is 23.2 Å². The standard InChI is InChI=1S/C16H24ClN3.2ClH/c1-19-9-2-10-20(12-13-5-7-18-8-6-13)16-11-14(17)3-4-15(16)19;;/h3-4,11,13,18H,2,5-10,12H2,1H3;2*1H. The molecule has 1 fully saturated rings. The third-order valence-electron chi connectivity index (χ3n) is 4.55. The Labute approximate surface area is 151 Å². The van der Waals surface area contributed by atoms with E-state index in [1.165, 1.54) is 50.3 Å². The van der Waals surface area contributed by atoms with E-state index < -0.39 is 0 Å². The van der Waals surface area contributed by atoms with Gasteiger partial charge in [-0.2, -0.15) is 0 Å². The second kappa shape index (κ2) is 9.07. The quantitative estimate of drug-likeness (QED) is 0.858. The van der Waals surface area contributed by atoms with Gasteiger partial charge in [0.05, 0.1) is 11.4 Å². The van der Waals surface area contributed by atoms with E-state index in [0.717, 1.165) is 24.0 Å². The van der Waals surface area contributed by atoms with Gasteiger partial charge in [0.1, 0.15) is 0 Å². The number of nitrogens with zero attached hydrogens (tertiary/aromatic N) is 2. The van der Waals surface area contributed by atoms with E-state index in [1.807, 2.05) is 6.07 Å². The highest BCUT2D eigenvalue weighted by Gasteiger charge is 2.22. The summed E-state index contributed by atoms with van der Waals surface area (Å²) in [5.74, 6) is 0.812. The molecule has 2 heterocycles. The van der Waals surface area contributed by atoms with Gasteiger partial charge in [-0.25, -0.2) is 0 Å². The number of hydrogen-bond acceptors (Lipinski definition) is 3. The van der Waals surface area contributed by atoms with Crippen molar-refractivity contribution in [1.29, 1.82) is 0 Å². The van der Waals surface area contributed by atoms with Crippen molar-refractivity contribution >= 4 is 47.8 Å². The molecule has 2 aliphatic rings. The fourth-order valence-electron chi connectivity index (χ4n) is 3.38. The molecule has 2 aliphatic heterocycles. The van der Waals surface area contributed by atoms with Gasteiger partial charge in [0, 0.05) is 31.7 Å². The molecular formula is C16H26Cl3N3. The second-order valence-electron chi connectivity index (χ2n) is 6.05. The molecule has 0 spiro atoms. The molecule has 0 unspecified atom stereocenters. The van der Waals surface area contributed by atoms with Gasteiger partial charge < -0.3 is 15.1 Å². The minimum atomic E-state index is 0. The van der Waals surface area contributed by atoms with E-state index in [0.29, 0.717) is 0 Å². The van der Waals surface area contributed by atoms with Crippen molar-refractivity contribution in [3.63, 3.8) is 0 Å². The minimum Gasteiger partial charge on any atom is -0.373 e. The van der Waals surface area contributed by atoms with E-state index in [9.17, 15) is 0 Å². The Morgan fingerprint density at radius 1 is 1.14 bits per heavy atom. The average Bonchev–Trinajstić information content (AvgIpc) is 2.60. The summed E-state index contributed by atoms with van der Waals surface area (Å²) in [4.78, 5) is 4.91. The van der Waals surface area contributed by atoms with Crippen LogP contribution in [0.5, 0.6) is 0 Å². The Hall–Kier alpha value is -0.350. The number of fused-ring (bicyclic) bond motifs is 1. The normalized spacial score (nSPS) is 18.8. The molecule has 6 heteroatoms. The first kappa shape index (κ1) is 19.7. The topological polar surface area (TPSA) is 18.5 Å². The van der Waals surface area contributed by atoms with Crippen molar-refractivity contribution < 1.29 is 0 Å². The molecule has 0 bridgehead atoms. The van der Waals surface area contributed by atoms with Crippen molar-refractivity contribution in [2.24, 2.45) is 5.92 Å². The van der Waals surface area contributed by atoms with Crippen LogP contribution < -0.4 is 15.1 Å². The van der Waals surface area contributed by atoms with Crippen molar-refractivity contribution in [3.8, 4) is 0 Å². The molecule has 0 atom stereocenters. The monoisotopic (exact) mass is 365 g/mol. The number of piperidine rings is 1. The first-order valence-electron chi connectivity index (χ1n) is 7.70. The maximum atomic E-state index is 6.23. The van der Waals surface area contributed by atoms with Crippen LogP contribution in [-0.4, -0.2) is 39.8 Å². The highest BCUT2D eigenvalue weighted by molar-refractivity contribution is 6.31. The molecular weight excluding hydrogens is 341 g/mol.